The fraction of sp³-hybridized carbons (Fsp3) is 0.438. The monoisotopic (exact) mass is 242 g/mol. The lowest BCUT2D eigenvalue weighted by Gasteiger charge is -2.15. The van der Waals surface area contributed by atoms with Crippen LogP contribution in [0.2, 0.25) is 0 Å². The number of hydrogen-bond donors (Lipinski definition) is 0. The molecule has 1 aromatic carbocycles. The molecule has 2 rings (SSSR count). The van der Waals surface area contributed by atoms with Crippen LogP contribution in [0.5, 0.6) is 0 Å². The van der Waals surface area contributed by atoms with Gasteiger partial charge in [0.25, 0.3) is 0 Å². The molecule has 18 heavy (non-hydrogen) atoms. The highest BCUT2D eigenvalue weighted by atomic mass is 16.5. The van der Waals surface area contributed by atoms with Gasteiger partial charge in [0.2, 0.25) is 0 Å². The summed E-state index contributed by atoms with van der Waals surface area (Å²) in [6.45, 7) is 0.199. The first-order valence-electron chi connectivity index (χ1n) is 6.57. The molecule has 0 aliphatic heterocycles. The highest BCUT2D eigenvalue weighted by Crippen LogP contribution is 2.22. The molecule has 2 heteroatoms. The molecule has 0 aromatic heterocycles. The van der Waals surface area contributed by atoms with E-state index in [0.717, 1.165) is 0 Å². The van der Waals surface area contributed by atoms with Crippen LogP contribution in [0.4, 0.5) is 0 Å². The minimum Gasteiger partial charge on any atom is -0.449 e. The molecule has 0 spiro atoms. The second-order valence-electron chi connectivity index (χ2n) is 4.60. The summed E-state index contributed by atoms with van der Waals surface area (Å²) in [7, 11) is 0. The molecule has 2 nitrogen and oxygen atoms in total. The van der Waals surface area contributed by atoms with Crippen LogP contribution < -0.4 is 0 Å². The molecule has 94 valence electrons. The predicted molar refractivity (Wildman–Crippen MR) is 71.1 cm³/mol. The van der Waals surface area contributed by atoms with Crippen LogP contribution >= 0.6 is 0 Å². The Morgan fingerprint density at radius 2 is 1.89 bits per heavy atom. The lowest BCUT2D eigenvalue weighted by Crippen LogP contribution is -2.06. The number of esters is 1. The van der Waals surface area contributed by atoms with Crippen LogP contribution in [-0.4, -0.2) is 12.6 Å². The van der Waals surface area contributed by atoms with Gasteiger partial charge in [-0.3, -0.25) is 0 Å². The maximum absolute atomic E-state index is 11.6. The molecule has 0 amide bonds. The van der Waals surface area contributed by atoms with Crippen molar-refractivity contribution in [3.8, 4) is 11.8 Å². The second kappa shape index (κ2) is 6.86. The Bertz CT molecular complexity index is 433. The Hall–Kier alpha value is -1.75. The van der Waals surface area contributed by atoms with Crippen molar-refractivity contribution in [3.05, 3.63) is 35.9 Å². The van der Waals surface area contributed by atoms with E-state index in [1.54, 1.807) is 12.1 Å². The summed E-state index contributed by atoms with van der Waals surface area (Å²) < 4.78 is 5.11. The first-order valence-corrected chi connectivity index (χ1v) is 6.57. The van der Waals surface area contributed by atoms with Gasteiger partial charge in [-0.05, 0) is 25.0 Å². The molecule has 1 aliphatic rings. The van der Waals surface area contributed by atoms with Crippen LogP contribution in [0, 0.1) is 17.8 Å². The average molecular weight is 242 g/mol. The number of rotatable bonds is 2. The van der Waals surface area contributed by atoms with Crippen molar-refractivity contribution in [2.24, 2.45) is 5.92 Å². The van der Waals surface area contributed by atoms with Crippen LogP contribution in [-0.2, 0) is 4.74 Å². The third kappa shape index (κ3) is 3.92. The van der Waals surface area contributed by atoms with Crippen molar-refractivity contribution in [1.82, 2.24) is 0 Å². The molecule has 0 radical (unpaired) electrons. The van der Waals surface area contributed by atoms with E-state index in [1.165, 1.54) is 32.1 Å². The summed E-state index contributed by atoms with van der Waals surface area (Å²) in [6.07, 6.45) is 6.28. The zero-order valence-electron chi connectivity index (χ0n) is 10.5. The Balaban J connectivity index is 1.75. The fourth-order valence-corrected chi connectivity index (χ4v) is 2.19. The standard InChI is InChI=1S/C16H18O2/c17-16(15-11-5-2-6-12-15)18-13-7-10-14-8-3-1-4-9-14/h2,5-6,11-12,14H,1,3-4,8-9,13H2. The molecular weight excluding hydrogens is 224 g/mol. The Labute approximate surface area is 108 Å². The van der Waals surface area contributed by atoms with Gasteiger partial charge in [0, 0.05) is 5.92 Å². The van der Waals surface area contributed by atoms with Gasteiger partial charge < -0.3 is 4.74 Å². The molecular formula is C16H18O2. The van der Waals surface area contributed by atoms with Crippen LogP contribution in [0.1, 0.15) is 42.5 Å². The molecule has 0 heterocycles. The summed E-state index contributed by atoms with van der Waals surface area (Å²) >= 11 is 0. The minimum absolute atomic E-state index is 0.199. The van der Waals surface area contributed by atoms with Crippen molar-refractivity contribution in [2.75, 3.05) is 6.61 Å². The molecule has 1 saturated carbocycles. The van der Waals surface area contributed by atoms with Crippen molar-refractivity contribution >= 4 is 5.97 Å². The first-order chi connectivity index (χ1) is 8.86. The van der Waals surface area contributed by atoms with Gasteiger partial charge in [-0.1, -0.05) is 49.3 Å². The van der Waals surface area contributed by atoms with Gasteiger partial charge >= 0.3 is 5.97 Å². The van der Waals surface area contributed by atoms with E-state index in [1.807, 2.05) is 18.2 Å². The van der Waals surface area contributed by atoms with Crippen LogP contribution in [0.15, 0.2) is 30.3 Å². The largest absolute Gasteiger partial charge is 0.449 e. The number of benzene rings is 1. The van der Waals surface area contributed by atoms with Gasteiger partial charge in [0.15, 0.2) is 6.61 Å². The third-order valence-electron chi connectivity index (χ3n) is 3.20. The van der Waals surface area contributed by atoms with Crippen molar-refractivity contribution < 1.29 is 9.53 Å². The van der Waals surface area contributed by atoms with Gasteiger partial charge in [0.1, 0.15) is 0 Å². The Morgan fingerprint density at radius 3 is 2.61 bits per heavy atom. The minimum atomic E-state index is -0.298. The van der Waals surface area contributed by atoms with Gasteiger partial charge in [-0.25, -0.2) is 4.79 Å². The van der Waals surface area contributed by atoms with Gasteiger partial charge in [0.05, 0.1) is 5.56 Å². The summed E-state index contributed by atoms with van der Waals surface area (Å²) in [6, 6.07) is 9.02. The van der Waals surface area contributed by atoms with Crippen LogP contribution in [0.25, 0.3) is 0 Å². The van der Waals surface area contributed by atoms with Crippen molar-refractivity contribution in [3.63, 3.8) is 0 Å². The molecule has 0 unspecified atom stereocenters. The summed E-state index contributed by atoms with van der Waals surface area (Å²) in [5, 5.41) is 0. The lowest BCUT2D eigenvalue weighted by atomic mass is 9.90. The van der Waals surface area contributed by atoms with E-state index in [2.05, 4.69) is 11.8 Å². The van der Waals surface area contributed by atoms with Gasteiger partial charge in [-0.2, -0.15) is 0 Å². The van der Waals surface area contributed by atoms with E-state index >= 15 is 0 Å². The molecule has 0 atom stereocenters. The first kappa shape index (κ1) is 12.7. The molecule has 1 fully saturated rings. The Morgan fingerprint density at radius 1 is 1.17 bits per heavy atom. The highest BCUT2D eigenvalue weighted by Gasteiger charge is 2.10. The quantitative estimate of drug-likeness (QED) is 0.586. The van der Waals surface area contributed by atoms with E-state index in [-0.39, 0.29) is 12.6 Å². The maximum Gasteiger partial charge on any atom is 0.339 e. The summed E-state index contributed by atoms with van der Waals surface area (Å²) in [4.78, 5) is 11.6. The molecule has 1 aromatic rings. The molecule has 0 saturated heterocycles. The van der Waals surface area contributed by atoms with E-state index in [4.69, 9.17) is 4.74 Å². The smallest absolute Gasteiger partial charge is 0.339 e. The average Bonchev–Trinajstić information content (AvgIpc) is 2.45. The predicted octanol–water partition coefficient (Wildman–Crippen LogP) is 3.43. The maximum atomic E-state index is 11.6. The lowest BCUT2D eigenvalue weighted by molar-refractivity contribution is 0.0556. The topological polar surface area (TPSA) is 26.3 Å². The SMILES string of the molecule is O=C(OCC#CC1CCCCC1)c1ccccc1. The number of carbonyl (C=O) groups is 1. The number of ether oxygens (including phenoxy) is 1. The van der Waals surface area contributed by atoms with Crippen molar-refractivity contribution in [2.45, 2.75) is 32.1 Å². The van der Waals surface area contributed by atoms with E-state index < -0.39 is 0 Å². The zero-order valence-corrected chi connectivity index (χ0v) is 10.5. The molecule has 0 bridgehead atoms. The third-order valence-corrected chi connectivity index (χ3v) is 3.20. The van der Waals surface area contributed by atoms with Crippen molar-refractivity contribution in [1.29, 1.82) is 0 Å². The summed E-state index contributed by atoms with van der Waals surface area (Å²) in [5.41, 5.74) is 0.581. The number of carbonyl (C=O) groups excluding carboxylic acids is 1. The molecule has 1 aliphatic carbocycles. The normalized spacial score (nSPS) is 15.6. The second-order valence-corrected chi connectivity index (χ2v) is 4.60. The zero-order chi connectivity index (χ0) is 12.6. The number of hydrogen-bond acceptors (Lipinski definition) is 2. The summed E-state index contributed by atoms with van der Waals surface area (Å²) in [5.74, 6) is 6.37. The fourth-order valence-electron chi connectivity index (χ4n) is 2.19. The Kier molecular flexibility index (Phi) is 4.84. The van der Waals surface area contributed by atoms with Crippen LogP contribution in [0.3, 0.4) is 0 Å². The van der Waals surface area contributed by atoms with Gasteiger partial charge in [-0.15, -0.1) is 0 Å². The van der Waals surface area contributed by atoms with E-state index in [0.29, 0.717) is 11.5 Å². The van der Waals surface area contributed by atoms with E-state index in [9.17, 15) is 4.79 Å². The highest BCUT2D eigenvalue weighted by molar-refractivity contribution is 5.89. The molecule has 0 N–H and O–H groups in total.